The summed E-state index contributed by atoms with van der Waals surface area (Å²) >= 11 is 0. The van der Waals surface area contributed by atoms with Gasteiger partial charge >= 0.3 is 0 Å². The average molecular weight is 411 g/mol. The molecule has 1 saturated carbocycles. The molecule has 0 saturated heterocycles. The van der Waals surface area contributed by atoms with E-state index in [1.807, 2.05) is 53.4 Å². The SMILES string of the molecule is COc1ccc(C(CC(=O)N(c2ccc(OC)cc2)C(C)C2CC2)NC(C)=O)cc1. The van der Waals surface area contributed by atoms with Crippen molar-refractivity contribution in [1.82, 2.24) is 5.32 Å². The van der Waals surface area contributed by atoms with Crippen LogP contribution in [0, 0.1) is 5.92 Å². The molecule has 1 fully saturated rings. The lowest BCUT2D eigenvalue weighted by atomic mass is 10.0. The Morgan fingerprint density at radius 2 is 1.53 bits per heavy atom. The highest BCUT2D eigenvalue weighted by Gasteiger charge is 2.36. The molecule has 2 amide bonds. The summed E-state index contributed by atoms with van der Waals surface area (Å²) in [6, 6.07) is 14.7. The fourth-order valence-corrected chi connectivity index (χ4v) is 3.75. The van der Waals surface area contributed by atoms with E-state index in [0.29, 0.717) is 5.92 Å². The van der Waals surface area contributed by atoms with E-state index >= 15 is 0 Å². The number of methoxy groups -OCH3 is 2. The van der Waals surface area contributed by atoms with E-state index in [9.17, 15) is 9.59 Å². The Hall–Kier alpha value is -3.02. The highest BCUT2D eigenvalue weighted by Crippen LogP contribution is 2.38. The molecule has 2 aromatic carbocycles. The standard InChI is InChI=1S/C24H30N2O4/c1-16(18-5-6-18)26(20-9-13-22(30-4)14-10-20)24(28)15-23(25-17(2)27)19-7-11-21(29-3)12-8-19/h7-14,16,18,23H,5-6,15H2,1-4H3,(H,25,27). The second-order valence-electron chi connectivity index (χ2n) is 7.77. The molecule has 2 unspecified atom stereocenters. The summed E-state index contributed by atoms with van der Waals surface area (Å²) in [7, 11) is 3.23. The molecular weight excluding hydrogens is 380 g/mol. The highest BCUT2D eigenvalue weighted by molar-refractivity contribution is 5.95. The van der Waals surface area contributed by atoms with Gasteiger partial charge in [0.25, 0.3) is 0 Å². The molecule has 0 aliphatic heterocycles. The number of carbonyl (C=O) groups is 2. The Bertz CT molecular complexity index is 860. The molecule has 2 atom stereocenters. The number of hydrogen-bond acceptors (Lipinski definition) is 4. The summed E-state index contributed by atoms with van der Waals surface area (Å²) in [4.78, 5) is 27.2. The van der Waals surface area contributed by atoms with E-state index in [1.165, 1.54) is 6.92 Å². The van der Waals surface area contributed by atoms with Gasteiger partial charge in [0, 0.05) is 18.7 Å². The zero-order chi connectivity index (χ0) is 21.7. The summed E-state index contributed by atoms with van der Waals surface area (Å²) < 4.78 is 10.5. The summed E-state index contributed by atoms with van der Waals surface area (Å²) in [6.07, 6.45) is 2.44. The molecule has 0 radical (unpaired) electrons. The quantitative estimate of drug-likeness (QED) is 0.676. The lowest BCUT2D eigenvalue weighted by molar-refractivity contribution is -0.121. The largest absolute Gasteiger partial charge is 0.497 e. The summed E-state index contributed by atoms with van der Waals surface area (Å²) in [5.41, 5.74) is 1.71. The van der Waals surface area contributed by atoms with Crippen LogP contribution in [-0.4, -0.2) is 32.1 Å². The first kappa shape index (κ1) is 21.7. The number of carbonyl (C=O) groups excluding carboxylic acids is 2. The van der Waals surface area contributed by atoms with Crippen molar-refractivity contribution in [1.29, 1.82) is 0 Å². The third-order valence-corrected chi connectivity index (χ3v) is 5.61. The number of amides is 2. The lowest BCUT2D eigenvalue weighted by Gasteiger charge is -2.31. The van der Waals surface area contributed by atoms with E-state index in [4.69, 9.17) is 9.47 Å². The molecule has 0 heterocycles. The van der Waals surface area contributed by atoms with Gasteiger partial charge in [0.05, 0.1) is 26.7 Å². The van der Waals surface area contributed by atoms with Crippen molar-refractivity contribution in [2.75, 3.05) is 19.1 Å². The van der Waals surface area contributed by atoms with Crippen LogP contribution in [0.1, 0.15) is 44.7 Å². The van der Waals surface area contributed by atoms with Gasteiger partial charge in [0.1, 0.15) is 11.5 Å². The van der Waals surface area contributed by atoms with E-state index in [2.05, 4.69) is 12.2 Å². The molecule has 1 N–H and O–H groups in total. The number of nitrogens with one attached hydrogen (secondary N) is 1. The fraction of sp³-hybridized carbons (Fsp3) is 0.417. The molecule has 3 rings (SSSR count). The summed E-state index contributed by atoms with van der Waals surface area (Å²) in [6.45, 7) is 3.57. The molecule has 6 nitrogen and oxygen atoms in total. The normalized spacial score (nSPS) is 15.1. The van der Waals surface area contributed by atoms with Crippen molar-refractivity contribution in [3.05, 3.63) is 54.1 Å². The topological polar surface area (TPSA) is 67.9 Å². The van der Waals surface area contributed by atoms with Crippen molar-refractivity contribution < 1.29 is 19.1 Å². The Kier molecular flexibility index (Phi) is 6.98. The molecule has 0 aromatic heterocycles. The minimum absolute atomic E-state index is 0.0193. The van der Waals surface area contributed by atoms with E-state index in [0.717, 1.165) is 35.6 Å². The van der Waals surface area contributed by atoms with Gasteiger partial charge in [0.2, 0.25) is 11.8 Å². The van der Waals surface area contributed by atoms with Gasteiger partial charge in [-0.2, -0.15) is 0 Å². The molecule has 160 valence electrons. The van der Waals surface area contributed by atoms with Crippen LogP contribution in [0.2, 0.25) is 0 Å². The van der Waals surface area contributed by atoms with Crippen molar-refractivity contribution >= 4 is 17.5 Å². The number of hydrogen-bond donors (Lipinski definition) is 1. The Balaban J connectivity index is 1.85. The average Bonchev–Trinajstić information content (AvgIpc) is 3.59. The van der Waals surface area contributed by atoms with Crippen molar-refractivity contribution in [2.24, 2.45) is 5.92 Å². The predicted molar refractivity (Wildman–Crippen MR) is 117 cm³/mol. The zero-order valence-corrected chi connectivity index (χ0v) is 18.1. The second-order valence-corrected chi connectivity index (χ2v) is 7.77. The first-order chi connectivity index (χ1) is 14.4. The number of ether oxygens (including phenoxy) is 2. The van der Waals surface area contributed by atoms with Crippen LogP contribution >= 0.6 is 0 Å². The number of anilines is 1. The van der Waals surface area contributed by atoms with Crippen LogP contribution in [0.15, 0.2) is 48.5 Å². The maximum atomic E-state index is 13.5. The second kappa shape index (κ2) is 9.65. The van der Waals surface area contributed by atoms with Crippen molar-refractivity contribution in [3.63, 3.8) is 0 Å². The van der Waals surface area contributed by atoms with Crippen LogP contribution in [0.3, 0.4) is 0 Å². The van der Waals surface area contributed by atoms with Gasteiger partial charge in [-0.1, -0.05) is 12.1 Å². The first-order valence-electron chi connectivity index (χ1n) is 10.3. The van der Waals surface area contributed by atoms with Gasteiger partial charge in [0.15, 0.2) is 0 Å². The molecule has 0 bridgehead atoms. The number of rotatable bonds is 9. The van der Waals surface area contributed by atoms with Gasteiger partial charge in [-0.25, -0.2) is 0 Å². The molecule has 2 aromatic rings. The smallest absolute Gasteiger partial charge is 0.229 e. The minimum Gasteiger partial charge on any atom is -0.497 e. The highest BCUT2D eigenvalue weighted by atomic mass is 16.5. The molecule has 30 heavy (non-hydrogen) atoms. The van der Waals surface area contributed by atoms with Crippen molar-refractivity contribution in [2.45, 2.75) is 45.2 Å². The van der Waals surface area contributed by atoms with Gasteiger partial charge in [-0.15, -0.1) is 0 Å². The molecule has 0 spiro atoms. The van der Waals surface area contributed by atoms with E-state index in [-0.39, 0.29) is 24.3 Å². The van der Waals surface area contributed by atoms with Crippen LogP contribution < -0.4 is 19.7 Å². The van der Waals surface area contributed by atoms with E-state index < -0.39 is 6.04 Å². The lowest BCUT2D eigenvalue weighted by Crippen LogP contribution is -2.42. The molecule has 1 aliphatic carbocycles. The van der Waals surface area contributed by atoms with Crippen molar-refractivity contribution in [3.8, 4) is 11.5 Å². The first-order valence-corrected chi connectivity index (χ1v) is 10.3. The van der Waals surface area contributed by atoms with Crippen LogP contribution in [0.5, 0.6) is 11.5 Å². The minimum atomic E-state index is -0.409. The summed E-state index contributed by atoms with van der Waals surface area (Å²) in [5, 5.41) is 2.93. The van der Waals surface area contributed by atoms with Gasteiger partial charge in [-0.05, 0) is 67.6 Å². The zero-order valence-electron chi connectivity index (χ0n) is 18.1. The predicted octanol–water partition coefficient (Wildman–Crippen LogP) is 4.10. The maximum Gasteiger partial charge on any atom is 0.229 e. The van der Waals surface area contributed by atoms with E-state index in [1.54, 1.807) is 14.2 Å². The van der Waals surface area contributed by atoms with Gasteiger partial charge in [-0.3, -0.25) is 9.59 Å². The third kappa shape index (κ3) is 5.32. The van der Waals surface area contributed by atoms with Crippen LogP contribution in [0.25, 0.3) is 0 Å². The van der Waals surface area contributed by atoms with Gasteiger partial charge < -0.3 is 19.7 Å². The Morgan fingerprint density at radius 1 is 1.00 bits per heavy atom. The van der Waals surface area contributed by atoms with Crippen LogP contribution in [-0.2, 0) is 9.59 Å². The monoisotopic (exact) mass is 410 g/mol. The maximum absolute atomic E-state index is 13.5. The summed E-state index contributed by atoms with van der Waals surface area (Å²) in [5.74, 6) is 1.80. The number of benzene rings is 2. The number of nitrogens with zero attached hydrogens (tertiary/aromatic N) is 1. The third-order valence-electron chi connectivity index (χ3n) is 5.61. The molecular formula is C24H30N2O4. The molecule has 6 heteroatoms. The van der Waals surface area contributed by atoms with Crippen LogP contribution in [0.4, 0.5) is 5.69 Å². The Morgan fingerprint density at radius 3 is 2.00 bits per heavy atom. The Labute approximate surface area is 178 Å². The molecule has 1 aliphatic rings. The fourth-order valence-electron chi connectivity index (χ4n) is 3.75.